The maximum absolute atomic E-state index is 12.9. The monoisotopic (exact) mass is 460 g/mol. The molecule has 176 valence electrons. The summed E-state index contributed by atoms with van der Waals surface area (Å²) in [5.74, 6) is -0.0591. The van der Waals surface area contributed by atoms with Crippen molar-refractivity contribution in [2.75, 3.05) is 0 Å². The van der Waals surface area contributed by atoms with Gasteiger partial charge in [0.15, 0.2) is 0 Å². The molecule has 4 aliphatic rings. The van der Waals surface area contributed by atoms with Crippen LogP contribution in [0.25, 0.3) is 0 Å². The molecular weight excluding hydrogens is 432 g/mol. The van der Waals surface area contributed by atoms with E-state index in [9.17, 15) is 14.4 Å². The van der Waals surface area contributed by atoms with Crippen molar-refractivity contribution in [1.29, 1.82) is 0 Å². The summed E-state index contributed by atoms with van der Waals surface area (Å²) in [6, 6.07) is 5.37. The first kappa shape index (κ1) is 21.3. The average Bonchev–Trinajstić information content (AvgIpc) is 3.52. The molecule has 1 saturated carbocycles. The second-order valence-electron chi connectivity index (χ2n) is 9.87. The number of carbonyl (C=O) groups excluding carboxylic acids is 3. The SMILES string of the molecule is Cc1cncc2c1CN(C1CCCC1Oc1ccc3c(c1)CN(C1CCC(=O)NC1=O)C3=O)C2. The van der Waals surface area contributed by atoms with E-state index >= 15 is 0 Å². The molecule has 8 heteroatoms. The lowest BCUT2D eigenvalue weighted by atomic mass is 10.0. The van der Waals surface area contributed by atoms with E-state index in [1.807, 2.05) is 30.6 Å². The molecule has 3 aliphatic heterocycles. The van der Waals surface area contributed by atoms with Gasteiger partial charge in [0, 0.05) is 50.1 Å². The number of aromatic nitrogens is 1. The third-order valence-corrected chi connectivity index (χ3v) is 7.77. The molecule has 6 rings (SSSR count). The Morgan fingerprint density at radius 2 is 1.91 bits per heavy atom. The Balaban J connectivity index is 1.16. The van der Waals surface area contributed by atoms with Crippen molar-refractivity contribution in [3.8, 4) is 5.75 Å². The number of aryl methyl sites for hydroxylation is 1. The number of hydrogen-bond acceptors (Lipinski definition) is 6. The van der Waals surface area contributed by atoms with E-state index in [1.54, 1.807) is 4.90 Å². The van der Waals surface area contributed by atoms with Gasteiger partial charge in [-0.25, -0.2) is 0 Å². The first-order chi connectivity index (χ1) is 16.5. The number of rotatable bonds is 4. The topological polar surface area (TPSA) is 91.8 Å². The smallest absolute Gasteiger partial charge is 0.255 e. The predicted octanol–water partition coefficient (Wildman–Crippen LogP) is 2.47. The number of nitrogens with zero attached hydrogens (tertiary/aromatic N) is 3. The Kier molecular flexibility index (Phi) is 5.13. The van der Waals surface area contributed by atoms with Crippen molar-refractivity contribution in [1.82, 2.24) is 20.1 Å². The van der Waals surface area contributed by atoms with E-state index in [-0.39, 0.29) is 30.2 Å². The van der Waals surface area contributed by atoms with Gasteiger partial charge in [-0.2, -0.15) is 0 Å². The van der Waals surface area contributed by atoms with Crippen molar-refractivity contribution in [3.05, 3.63) is 58.4 Å². The number of carbonyl (C=O) groups is 3. The van der Waals surface area contributed by atoms with Crippen LogP contribution in [0.15, 0.2) is 30.6 Å². The van der Waals surface area contributed by atoms with E-state index in [0.717, 1.165) is 43.7 Å². The summed E-state index contributed by atoms with van der Waals surface area (Å²) in [5, 5.41) is 2.35. The standard InChI is InChI=1S/C26H28N4O4/c1-15-10-27-11-17-12-29(14-20(15)17)21-3-2-4-23(21)34-18-5-6-19-16(9-18)13-30(26(19)33)22-7-8-24(31)28-25(22)32/h5-6,9-11,21-23H,2-4,7-8,12-14H2,1H3,(H,28,31,32). The number of fused-ring (bicyclic) bond motifs is 2. The lowest BCUT2D eigenvalue weighted by Crippen LogP contribution is -2.52. The number of piperidine rings is 1. The molecule has 1 aromatic carbocycles. The molecule has 34 heavy (non-hydrogen) atoms. The molecule has 1 aromatic heterocycles. The molecule has 4 heterocycles. The Morgan fingerprint density at radius 3 is 2.74 bits per heavy atom. The van der Waals surface area contributed by atoms with Crippen LogP contribution in [-0.2, 0) is 29.2 Å². The summed E-state index contributed by atoms with van der Waals surface area (Å²) in [6.07, 6.45) is 7.89. The van der Waals surface area contributed by atoms with E-state index in [4.69, 9.17) is 4.74 Å². The molecule has 2 aromatic rings. The van der Waals surface area contributed by atoms with E-state index in [0.29, 0.717) is 24.6 Å². The number of pyridine rings is 1. The Hall–Kier alpha value is -3.26. The van der Waals surface area contributed by atoms with E-state index in [2.05, 4.69) is 22.1 Å². The Morgan fingerprint density at radius 1 is 1.03 bits per heavy atom. The van der Waals surface area contributed by atoms with Gasteiger partial charge in [0.25, 0.3) is 5.91 Å². The highest BCUT2D eigenvalue weighted by atomic mass is 16.5. The number of amides is 3. The minimum atomic E-state index is -0.601. The van der Waals surface area contributed by atoms with Crippen LogP contribution in [0.4, 0.5) is 0 Å². The van der Waals surface area contributed by atoms with Crippen LogP contribution >= 0.6 is 0 Å². The zero-order valence-corrected chi connectivity index (χ0v) is 19.3. The predicted molar refractivity (Wildman–Crippen MR) is 123 cm³/mol. The Bertz CT molecular complexity index is 1200. The van der Waals surface area contributed by atoms with Gasteiger partial charge in [-0.05, 0) is 73.1 Å². The average molecular weight is 461 g/mol. The van der Waals surface area contributed by atoms with Crippen molar-refractivity contribution in [2.24, 2.45) is 0 Å². The van der Waals surface area contributed by atoms with Gasteiger partial charge in [-0.3, -0.25) is 29.6 Å². The molecule has 1 aliphatic carbocycles. The van der Waals surface area contributed by atoms with Gasteiger partial charge in [-0.1, -0.05) is 0 Å². The molecule has 0 bridgehead atoms. The van der Waals surface area contributed by atoms with Crippen LogP contribution < -0.4 is 10.1 Å². The lowest BCUT2D eigenvalue weighted by Gasteiger charge is -2.29. The van der Waals surface area contributed by atoms with Crippen LogP contribution in [0.2, 0.25) is 0 Å². The zero-order valence-electron chi connectivity index (χ0n) is 19.3. The van der Waals surface area contributed by atoms with Crippen LogP contribution in [0.3, 0.4) is 0 Å². The van der Waals surface area contributed by atoms with E-state index < -0.39 is 6.04 Å². The zero-order chi connectivity index (χ0) is 23.4. The summed E-state index contributed by atoms with van der Waals surface area (Å²) in [7, 11) is 0. The second-order valence-corrected chi connectivity index (χ2v) is 9.87. The van der Waals surface area contributed by atoms with Gasteiger partial charge >= 0.3 is 0 Å². The lowest BCUT2D eigenvalue weighted by molar-refractivity contribution is -0.136. The molecule has 3 unspecified atom stereocenters. The van der Waals surface area contributed by atoms with Crippen molar-refractivity contribution in [2.45, 2.75) is 76.8 Å². The van der Waals surface area contributed by atoms with Gasteiger partial charge in [-0.15, -0.1) is 0 Å². The van der Waals surface area contributed by atoms with Crippen LogP contribution in [0, 0.1) is 6.92 Å². The fraction of sp³-hybridized carbons (Fsp3) is 0.462. The summed E-state index contributed by atoms with van der Waals surface area (Å²) in [5.41, 5.74) is 5.44. The number of benzene rings is 1. The fourth-order valence-corrected chi connectivity index (χ4v) is 5.98. The van der Waals surface area contributed by atoms with Gasteiger partial charge < -0.3 is 9.64 Å². The van der Waals surface area contributed by atoms with Gasteiger partial charge in [0.05, 0.1) is 0 Å². The molecule has 1 saturated heterocycles. The first-order valence-corrected chi connectivity index (χ1v) is 12.1. The molecular formula is C26H28N4O4. The number of nitrogens with one attached hydrogen (secondary N) is 1. The Labute approximate surface area is 198 Å². The summed E-state index contributed by atoms with van der Waals surface area (Å²) in [6.45, 7) is 4.34. The number of ether oxygens (including phenoxy) is 1. The second kappa shape index (κ2) is 8.20. The maximum atomic E-state index is 12.9. The third-order valence-electron chi connectivity index (χ3n) is 7.77. The van der Waals surface area contributed by atoms with E-state index in [1.165, 1.54) is 16.7 Å². The largest absolute Gasteiger partial charge is 0.489 e. The van der Waals surface area contributed by atoms with Crippen LogP contribution in [-0.4, -0.2) is 50.7 Å². The summed E-state index contributed by atoms with van der Waals surface area (Å²) >= 11 is 0. The van der Waals surface area contributed by atoms with Crippen molar-refractivity contribution < 1.29 is 19.1 Å². The molecule has 3 amide bonds. The fourth-order valence-electron chi connectivity index (χ4n) is 5.98. The first-order valence-electron chi connectivity index (χ1n) is 12.1. The molecule has 0 radical (unpaired) electrons. The maximum Gasteiger partial charge on any atom is 0.255 e. The highest BCUT2D eigenvalue weighted by Gasteiger charge is 2.40. The summed E-state index contributed by atoms with van der Waals surface area (Å²) in [4.78, 5) is 45.2. The third kappa shape index (κ3) is 3.57. The summed E-state index contributed by atoms with van der Waals surface area (Å²) < 4.78 is 6.49. The van der Waals surface area contributed by atoms with Crippen LogP contribution in [0.1, 0.15) is 64.7 Å². The van der Waals surface area contributed by atoms with Crippen LogP contribution in [0.5, 0.6) is 5.75 Å². The van der Waals surface area contributed by atoms with Gasteiger partial charge in [0.1, 0.15) is 17.9 Å². The van der Waals surface area contributed by atoms with Gasteiger partial charge in [0.2, 0.25) is 11.8 Å². The number of imide groups is 1. The highest BCUT2D eigenvalue weighted by molar-refractivity contribution is 6.05. The molecule has 2 fully saturated rings. The normalized spacial score (nSPS) is 26.6. The quantitative estimate of drug-likeness (QED) is 0.705. The minimum Gasteiger partial charge on any atom is -0.489 e. The minimum absolute atomic E-state index is 0.101. The van der Waals surface area contributed by atoms with Crippen molar-refractivity contribution >= 4 is 17.7 Å². The molecule has 0 spiro atoms. The molecule has 3 atom stereocenters. The highest BCUT2D eigenvalue weighted by Crippen LogP contribution is 2.36. The molecule has 8 nitrogen and oxygen atoms in total. The van der Waals surface area contributed by atoms with Crippen molar-refractivity contribution in [3.63, 3.8) is 0 Å². The molecule has 1 N–H and O–H groups in total. The number of hydrogen-bond donors (Lipinski definition) is 1.